The molecule has 3 N–H and O–H groups in total. The number of aliphatic imine (C=N–C) groups is 1. The normalized spacial score (nSPS) is 10.8. The quantitative estimate of drug-likeness (QED) is 0.300. The maximum atomic E-state index is 11.4. The number of guanidine groups is 1. The molecular weight excluding hydrogens is 431 g/mol. The smallest absolute Gasteiger partial charge is 0.257 e. The average Bonchev–Trinajstić information content (AvgIpc) is 2.56. The molecule has 0 saturated heterocycles. The second-order valence-corrected chi connectivity index (χ2v) is 5.86. The van der Waals surface area contributed by atoms with E-state index in [1.165, 1.54) is 0 Å². The molecule has 0 saturated carbocycles. The SMILES string of the molecule is CCNC(=O)COc1cccc(CN=C(NCC)NCC(C)C)c1.I. The molecule has 0 heterocycles. The van der Waals surface area contributed by atoms with Gasteiger partial charge in [-0.15, -0.1) is 24.0 Å². The van der Waals surface area contributed by atoms with Gasteiger partial charge in [0.05, 0.1) is 6.54 Å². The maximum Gasteiger partial charge on any atom is 0.257 e. The molecule has 1 amide bonds. The van der Waals surface area contributed by atoms with Crippen LogP contribution in [0.3, 0.4) is 0 Å². The van der Waals surface area contributed by atoms with Crippen molar-refractivity contribution < 1.29 is 9.53 Å². The highest BCUT2D eigenvalue weighted by atomic mass is 127. The second-order valence-electron chi connectivity index (χ2n) is 5.86. The van der Waals surface area contributed by atoms with E-state index in [1.54, 1.807) is 0 Å². The Morgan fingerprint density at radius 3 is 2.52 bits per heavy atom. The highest BCUT2D eigenvalue weighted by Gasteiger charge is 2.03. The third-order valence-electron chi connectivity index (χ3n) is 3.08. The Labute approximate surface area is 168 Å². The number of ether oxygens (including phenoxy) is 1. The third-order valence-corrected chi connectivity index (χ3v) is 3.08. The molecule has 6 nitrogen and oxygen atoms in total. The first kappa shape index (κ1) is 23.5. The van der Waals surface area contributed by atoms with Crippen LogP contribution in [0.5, 0.6) is 5.75 Å². The standard InChI is InChI=1S/C18H30N4O2.HI/c1-5-19-17(23)13-24-16-9-7-8-15(10-16)12-22-18(20-6-2)21-11-14(3)4;/h7-10,14H,5-6,11-13H2,1-4H3,(H,19,23)(H2,20,21,22);1H. The molecule has 1 rings (SSSR count). The van der Waals surface area contributed by atoms with E-state index in [0.29, 0.717) is 24.8 Å². The lowest BCUT2D eigenvalue weighted by Crippen LogP contribution is -2.39. The highest BCUT2D eigenvalue weighted by molar-refractivity contribution is 14.0. The number of carbonyl (C=O) groups excluding carboxylic acids is 1. The molecule has 0 spiro atoms. The molecule has 142 valence electrons. The van der Waals surface area contributed by atoms with Crippen LogP contribution in [0, 0.1) is 5.92 Å². The van der Waals surface area contributed by atoms with E-state index in [2.05, 4.69) is 34.8 Å². The van der Waals surface area contributed by atoms with Crippen LogP contribution >= 0.6 is 24.0 Å². The van der Waals surface area contributed by atoms with Crippen LogP contribution in [0.2, 0.25) is 0 Å². The van der Waals surface area contributed by atoms with E-state index < -0.39 is 0 Å². The van der Waals surface area contributed by atoms with Gasteiger partial charge in [-0.05, 0) is 37.5 Å². The summed E-state index contributed by atoms with van der Waals surface area (Å²) in [6.45, 7) is 11.1. The molecule has 0 bridgehead atoms. The number of nitrogens with one attached hydrogen (secondary N) is 3. The molecule has 0 radical (unpaired) electrons. The molecule has 0 unspecified atom stereocenters. The summed E-state index contributed by atoms with van der Waals surface area (Å²) in [4.78, 5) is 16.0. The zero-order valence-electron chi connectivity index (χ0n) is 15.6. The van der Waals surface area contributed by atoms with Crippen molar-refractivity contribution >= 4 is 35.8 Å². The summed E-state index contributed by atoms with van der Waals surface area (Å²) in [7, 11) is 0. The molecule has 0 atom stereocenters. The number of hydrogen-bond donors (Lipinski definition) is 3. The summed E-state index contributed by atoms with van der Waals surface area (Å²) in [5.41, 5.74) is 1.03. The van der Waals surface area contributed by atoms with Gasteiger partial charge in [-0.1, -0.05) is 26.0 Å². The van der Waals surface area contributed by atoms with Crippen LogP contribution in [0.4, 0.5) is 0 Å². The van der Waals surface area contributed by atoms with Crippen LogP contribution in [-0.2, 0) is 11.3 Å². The van der Waals surface area contributed by atoms with E-state index in [-0.39, 0.29) is 36.5 Å². The molecule has 0 aliphatic carbocycles. The molecule has 1 aromatic rings. The lowest BCUT2D eigenvalue weighted by atomic mass is 10.2. The van der Waals surface area contributed by atoms with Gasteiger partial charge in [0, 0.05) is 19.6 Å². The maximum absolute atomic E-state index is 11.4. The number of amides is 1. The van der Waals surface area contributed by atoms with E-state index in [1.807, 2.05) is 38.1 Å². The summed E-state index contributed by atoms with van der Waals surface area (Å²) >= 11 is 0. The number of hydrogen-bond acceptors (Lipinski definition) is 3. The van der Waals surface area contributed by atoms with Crippen molar-refractivity contribution in [1.82, 2.24) is 16.0 Å². The fourth-order valence-electron chi connectivity index (χ4n) is 1.94. The topological polar surface area (TPSA) is 74.8 Å². The monoisotopic (exact) mass is 462 g/mol. The fourth-order valence-corrected chi connectivity index (χ4v) is 1.94. The number of benzene rings is 1. The largest absolute Gasteiger partial charge is 0.484 e. The average molecular weight is 462 g/mol. The molecule has 1 aromatic carbocycles. The van der Waals surface area contributed by atoms with Crippen LogP contribution in [0.1, 0.15) is 33.3 Å². The lowest BCUT2D eigenvalue weighted by Gasteiger charge is -2.13. The number of nitrogens with zero attached hydrogens (tertiary/aromatic N) is 1. The van der Waals surface area contributed by atoms with Gasteiger partial charge in [0.1, 0.15) is 5.75 Å². The Balaban J connectivity index is 0.00000576. The van der Waals surface area contributed by atoms with Crippen molar-refractivity contribution in [2.45, 2.75) is 34.2 Å². The minimum absolute atomic E-state index is 0. The summed E-state index contributed by atoms with van der Waals surface area (Å²) in [6, 6.07) is 7.66. The summed E-state index contributed by atoms with van der Waals surface area (Å²) in [6.07, 6.45) is 0. The molecule has 0 aliphatic heterocycles. The first-order valence-corrected chi connectivity index (χ1v) is 8.55. The Hall–Kier alpha value is -1.51. The Morgan fingerprint density at radius 2 is 1.88 bits per heavy atom. The number of rotatable bonds is 9. The lowest BCUT2D eigenvalue weighted by molar-refractivity contribution is -0.122. The first-order chi connectivity index (χ1) is 11.5. The van der Waals surface area contributed by atoms with Crippen molar-refractivity contribution in [2.75, 3.05) is 26.2 Å². The molecule has 0 aliphatic rings. The predicted octanol–water partition coefficient (Wildman–Crippen LogP) is 2.53. The van der Waals surface area contributed by atoms with Crippen LogP contribution in [0.15, 0.2) is 29.3 Å². The molecule has 0 aromatic heterocycles. The van der Waals surface area contributed by atoms with E-state index in [4.69, 9.17) is 4.74 Å². The Morgan fingerprint density at radius 1 is 1.16 bits per heavy atom. The molecular formula is C18H31IN4O2. The van der Waals surface area contributed by atoms with Gasteiger partial charge >= 0.3 is 0 Å². The van der Waals surface area contributed by atoms with E-state index >= 15 is 0 Å². The minimum atomic E-state index is -0.117. The molecule has 25 heavy (non-hydrogen) atoms. The van der Waals surface area contributed by atoms with Crippen molar-refractivity contribution in [1.29, 1.82) is 0 Å². The zero-order valence-corrected chi connectivity index (χ0v) is 17.9. The van der Waals surface area contributed by atoms with Crippen molar-refractivity contribution in [3.05, 3.63) is 29.8 Å². The predicted molar refractivity (Wildman–Crippen MR) is 114 cm³/mol. The van der Waals surface area contributed by atoms with Crippen molar-refractivity contribution in [3.8, 4) is 5.75 Å². The first-order valence-electron chi connectivity index (χ1n) is 8.55. The van der Waals surface area contributed by atoms with Crippen molar-refractivity contribution in [3.63, 3.8) is 0 Å². The highest BCUT2D eigenvalue weighted by Crippen LogP contribution is 2.14. The summed E-state index contributed by atoms with van der Waals surface area (Å²) in [5, 5.41) is 9.25. The Kier molecular flexibility index (Phi) is 12.9. The fraction of sp³-hybridized carbons (Fsp3) is 0.556. The van der Waals surface area contributed by atoms with Crippen LogP contribution < -0.4 is 20.7 Å². The van der Waals surface area contributed by atoms with Gasteiger partial charge in [0.15, 0.2) is 12.6 Å². The van der Waals surface area contributed by atoms with Crippen LogP contribution in [-0.4, -0.2) is 38.1 Å². The third kappa shape index (κ3) is 10.9. The number of halogens is 1. The van der Waals surface area contributed by atoms with Gasteiger partial charge in [0.2, 0.25) is 0 Å². The van der Waals surface area contributed by atoms with Gasteiger partial charge in [0.25, 0.3) is 5.91 Å². The Bertz CT molecular complexity index is 536. The van der Waals surface area contributed by atoms with Crippen molar-refractivity contribution in [2.24, 2.45) is 10.9 Å². The van der Waals surface area contributed by atoms with Gasteiger partial charge < -0.3 is 20.7 Å². The molecule has 0 fully saturated rings. The van der Waals surface area contributed by atoms with Gasteiger partial charge in [-0.25, -0.2) is 4.99 Å². The summed E-state index contributed by atoms with van der Waals surface area (Å²) < 4.78 is 5.50. The zero-order chi connectivity index (χ0) is 17.8. The summed E-state index contributed by atoms with van der Waals surface area (Å²) in [5.74, 6) is 1.92. The second kappa shape index (κ2) is 13.7. The number of likely N-dealkylation sites (N-methyl/N-ethyl adjacent to an activating group) is 1. The molecule has 7 heteroatoms. The van der Waals surface area contributed by atoms with Gasteiger partial charge in [-0.3, -0.25) is 4.79 Å². The van der Waals surface area contributed by atoms with Crippen LogP contribution in [0.25, 0.3) is 0 Å². The van der Waals surface area contributed by atoms with E-state index in [9.17, 15) is 4.79 Å². The van der Waals surface area contributed by atoms with Gasteiger partial charge in [-0.2, -0.15) is 0 Å². The number of carbonyl (C=O) groups is 1. The van der Waals surface area contributed by atoms with E-state index in [0.717, 1.165) is 24.6 Å². The minimum Gasteiger partial charge on any atom is -0.484 e.